The zero-order valence-corrected chi connectivity index (χ0v) is 23.1. The van der Waals surface area contributed by atoms with E-state index in [1.165, 1.54) is 34.7 Å². The van der Waals surface area contributed by atoms with E-state index in [9.17, 15) is 22.4 Å². The Morgan fingerprint density at radius 2 is 1.79 bits per heavy atom. The molecule has 10 heteroatoms. The molecule has 3 amide bonds. The second-order valence-electron chi connectivity index (χ2n) is 10.0. The van der Waals surface area contributed by atoms with Crippen LogP contribution in [0.4, 0.5) is 14.9 Å². The van der Waals surface area contributed by atoms with Crippen LogP contribution in [0.5, 0.6) is 0 Å². The Hall–Kier alpha value is -3.43. The number of nitrogens with two attached hydrogens (primary N) is 1. The second-order valence-corrected chi connectivity index (χ2v) is 12.4. The number of urea groups is 1. The fraction of sp³-hybridized carbons (Fsp3) is 0.310. The Labute approximate surface area is 233 Å². The summed E-state index contributed by atoms with van der Waals surface area (Å²) < 4.78 is 39.2. The minimum absolute atomic E-state index is 0.0783. The molecule has 2 unspecified atom stereocenters. The number of halogens is 2. The Bertz CT molecular complexity index is 1460. The molecule has 0 heterocycles. The van der Waals surface area contributed by atoms with Crippen molar-refractivity contribution in [1.29, 1.82) is 0 Å². The van der Waals surface area contributed by atoms with E-state index in [4.69, 9.17) is 17.3 Å². The summed E-state index contributed by atoms with van der Waals surface area (Å²) in [6.07, 6.45) is 4.90. The third-order valence-electron chi connectivity index (χ3n) is 7.09. The molecule has 3 aromatic rings. The summed E-state index contributed by atoms with van der Waals surface area (Å²) in [5.74, 6) is -0.800. The highest BCUT2D eigenvalue weighted by molar-refractivity contribution is 7.90. The van der Waals surface area contributed by atoms with Crippen LogP contribution < -0.4 is 11.1 Å². The average molecular weight is 572 g/mol. The number of hydrogen-bond acceptors (Lipinski definition) is 4. The predicted molar refractivity (Wildman–Crippen MR) is 151 cm³/mol. The van der Waals surface area contributed by atoms with Gasteiger partial charge in [-0.25, -0.2) is 17.6 Å². The number of carbonyl (C=O) groups excluding carboxylic acids is 2. The molecule has 0 radical (unpaired) electrons. The predicted octanol–water partition coefficient (Wildman–Crippen LogP) is 5.84. The molecule has 206 valence electrons. The van der Waals surface area contributed by atoms with Crippen LogP contribution in [0.15, 0.2) is 71.6 Å². The lowest BCUT2D eigenvalue weighted by Gasteiger charge is -2.33. The number of hydrogen-bond donors (Lipinski definition) is 2. The molecule has 0 aliphatic heterocycles. The van der Waals surface area contributed by atoms with Gasteiger partial charge in [0.2, 0.25) is 5.91 Å². The average Bonchev–Trinajstić information content (AvgIpc) is 2.89. The van der Waals surface area contributed by atoms with E-state index in [0.29, 0.717) is 28.6 Å². The molecular formula is C29H31ClFN3O4S. The lowest BCUT2D eigenvalue weighted by Crippen LogP contribution is -2.44. The van der Waals surface area contributed by atoms with Gasteiger partial charge in [-0.2, -0.15) is 0 Å². The molecule has 7 nitrogen and oxygen atoms in total. The number of sulfone groups is 1. The van der Waals surface area contributed by atoms with Crippen LogP contribution >= 0.6 is 11.6 Å². The monoisotopic (exact) mass is 571 g/mol. The summed E-state index contributed by atoms with van der Waals surface area (Å²) in [4.78, 5) is 26.3. The van der Waals surface area contributed by atoms with Crippen molar-refractivity contribution in [2.24, 2.45) is 11.7 Å². The molecule has 1 aliphatic rings. The molecule has 0 spiro atoms. The van der Waals surface area contributed by atoms with Crippen LogP contribution in [0.25, 0.3) is 11.1 Å². The number of amides is 3. The molecule has 1 saturated carbocycles. The van der Waals surface area contributed by atoms with Crippen molar-refractivity contribution in [2.75, 3.05) is 24.7 Å². The Kier molecular flexibility index (Phi) is 8.92. The summed E-state index contributed by atoms with van der Waals surface area (Å²) in [7, 11) is -3.53. The molecule has 1 aliphatic carbocycles. The first-order valence-corrected chi connectivity index (χ1v) is 15.0. The lowest BCUT2D eigenvalue weighted by atomic mass is 9.78. The summed E-state index contributed by atoms with van der Waals surface area (Å²) >= 11 is 6.02. The van der Waals surface area contributed by atoms with Crippen molar-refractivity contribution in [3.63, 3.8) is 0 Å². The minimum atomic E-state index is -3.53. The second kappa shape index (κ2) is 12.2. The van der Waals surface area contributed by atoms with Crippen molar-refractivity contribution < 1.29 is 22.4 Å². The van der Waals surface area contributed by atoms with Crippen molar-refractivity contribution in [3.05, 3.63) is 83.1 Å². The number of nitrogens with zero attached hydrogens (tertiary/aromatic N) is 1. The van der Waals surface area contributed by atoms with E-state index < -0.39 is 27.6 Å². The van der Waals surface area contributed by atoms with Crippen LogP contribution in [0.1, 0.15) is 37.2 Å². The van der Waals surface area contributed by atoms with Gasteiger partial charge in [0, 0.05) is 23.4 Å². The maximum absolute atomic E-state index is 14.9. The van der Waals surface area contributed by atoms with Crippen LogP contribution in [-0.2, 0) is 14.6 Å². The molecule has 0 saturated heterocycles. The van der Waals surface area contributed by atoms with Crippen molar-refractivity contribution in [2.45, 2.75) is 36.5 Å². The van der Waals surface area contributed by atoms with Gasteiger partial charge in [-0.3, -0.25) is 4.79 Å². The maximum atomic E-state index is 14.9. The van der Waals surface area contributed by atoms with Gasteiger partial charge in [-0.05, 0) is 72.6 Å². The Morgan fingerprint density at radius 3 is 2.46 bits per heavy atom. The van der Waals surface area contributed by atoms with Crippen LogP contribution in [-0.4, -0.2) is 44.6 Å². The van der Waals surface area contributed by atoms with Gasteiger partial charge in [0.15, 0.2) is 9.84 Å². The SMILES string of the molecule is CS(=O)(=O)c1ccccc1-c1ccc(NC(=O)CN(CC2CCCC(c3ccc(Cl)cc3)C2)C(N)=O)c(F)c1. The third-order valence-corrected chi connectivity index (χ3v) is 8.50. The highest BCUT2D eigenvalue weighted by atomic mass is 35.5. The number of benzene rings is 3. The molecule has 4 rings (SSSR count). The molecular weight excluding hydrogens is 541 g/mol. The van der Waals surface area contributed by atoms with Gasteiger partial charge in [0.1, 0.15) is 12.4 Å². The topological polar surface area (TPSA) is 110 Å². The summed E-state index contributed by atoms with van der Waals surface area (Å²) in [5, 5.41) is 3.18. The van der Waals surface area contributed by atoms with Crippen LogP contribution in [0.3, 0.4) is 0 Å². The first-order chi connectivity index (χ1) is 18.5. The molecule has 0 aromatic heterocycles. The number of rotatable bonds is 8. The fourth-order valence-corrected chi connectivity index (χ4v) is 6.25. The van der Waals surface area contributed by atoms with Crippen molar-refractivity contribution in [3.8, 4) is 11.1 Å². The lowest BCUT2D eigenvalue weighted by molar-refractivity contribution is -0.116. The van der Waals surface area contributed by atoms with Crippen molar-refractivity contribution in [1.82, 2.24) is 4.90 Å². The van der Waals surface area contributed by atoms with Gasteiger partial charge in [0.25, 0.3) is 0 Å². The maximum Gasteiger partial charge on any atom is 0.315 e. The summed E-state index contributed by atoms with van der Waals surface area (Å²) in [6, 6.07) is 17.5. The summed E-state index contributed by atoms with van der Waals surface area (Å²) in [6.45, 7) is 0.0199. The van der Waals surface area contributed by atoms with E-state index in [-0.39, 0.29) is 23.0 Å². The van der Waals surface area contributed by atoms with E-state index >= 15 is 0 Å². The van der Waals surface area contributed by atoms with Gasteiger partial charge in [-0.1, -0.05) is 54.4 Å². The highest BCUT2D eigenvalue weighted by Crippen LogP contribution is 2.37. The normalized spacial score (nSPS) is 17.4. The van der Waals surface area contributed by atoms with Gasteiger partial charge < -0.3 is 16.0 Å². The number of carbonyl (C=O) groups is 2. The smallest absolute Gasteiger partial charge is 0.315 e. The molecule has 39 heavy (non-hydrogen) atoms. The van der Waals surface area contributed by atoms with Crippen LogP contribution in [0.2, 0.25) is 5.02 Å². The zero-order valence-electron chi connectivity index (χ0n) is 21.6. The molecule has 0 bridgehead atoms. The van der Waals surface area contributed by atoms with Gasteiger partial charge >= 0.3 is 6.03 Å². The van der Waals surface area contributed by atoms with Gasteiger partial charge in [0.05, 0.1) is 10.6 Å². The fourth-order valence-electron chi connectivity index (χ4n) is 5.21. The number of primary amides is 1. The molecule has 3 N–H and O–H groups in total. The van der Waals surface area contributed by atoms with E-state index in [1.54, 1.807) is 18.2 Å². The van der Waals surface area contributed by atoms with Crippen LogP contribution in [0, 0.1) is 11.7 Å². The van der Waals surface area contributed by atoms with Gasteiger partial charge in [-0.15, -0.1) is 0 Å². The zero-order chi connectivity index (χ0) is 28.2. The van der Waals surface area contributed by atoms with E-state index in [1.807, 2.05) is 24.3 Å². The molecule has 1 fully saturated rings. The Morgan fingerprint density at radius 1 is 1.08 bits per heavy atom. The van der Waals surface area contributed by atoms with E-state index in [2.05, 4.69) is 5.32 Å². The third kappa shape index (κ3) is 7.36. The summed E-state index contributed by atoms with van der Waals surface area (Å²) in [5.41, 5.74) is 7.43. The highest BCUT2D eigenvalue weighted by Gasteiger charge is 2.27. The Balaban J connectivity index is 1.41. The standard InChI is InChI=1S/C29H31ClFN3O4S/c1-39(37,38)27-8-3-2-7-24(27)22-11-14-26(25(31)16-22)33-28(35)18-34(29(32)36)17-19-5-4-6-21(15-19)20-9-12-23(30)13-10-20/h2-3,7-14,16,19,21H,4-6,15,17-18H2,1H3,(H2,32,36)(H,33,35). The van der Waals surface area contributed by atoms with E-state index in [0.717, 1.165) is 31.9 Å². The largest absolute Gasteiger partial charge is 0.351 e. The number of nitrogens with one attached hydrogen (secondary N) is 1. The number of anilines is 1. The molecule has 3 aromatic carbocycles. The van der Waals surface area contributed by atoms with Crippen molar-refractivity contribution >= 4 is 39.1 Å². The minimum Gasteiger partial charge on any atom is -0.351 e. The first-order valence-electron chi connectivity index (χ1n) is 12.7. The first kappa shape index (κ1) is 28.6. The molecule has 2 atom stereocenters. The quantitative estimate of drug-likeness (QED) is 0.354.